The predicted octanol–water partition coefficient (Wildman–Crippen LogP) is 5.28. The molecule has 0 aliphatic rings. The number of hydrogen-bond acceptors (Lipinski definition) is 1. The van der Waals surface area contributed by atoms with Crippen LogP contribution in [0.25, 0.3) is 0 Å². The summed E-state index contributed by atoms with van der Waals surface area (Å²) in [6, 6.07) is 16.4. The zero-order valence-corrected chi connectivity index (χ0v) is 13.1. The van der Waals surface area contributed by atoms with Crippen LogP contribution < -0.4 is 5.32 Å². The molecule has 1 nitrogen and oxygen atoms in total. The van der Waals surface area contributed by atoms with Crippen molar-refractivity contribution in [1.82, 2.24) is 5.32 Å². The van der Waals surface area contributed by atoms with Gasteiger partial charge in [0.05, 0.1) is 0 Å². The summed E-state index contributed by atoms with van der Waals surface area (Å²) < 4.78 is 0. The fraction of sp³-hybridized carbons (Fsp3) is 0.294. The molecule has 0 amide bonds. The first-order valence-corrected chi connectivity index (χ1v) is 7.68. The monoisotopic (exact) mass is 307 g/mol. The minimum atomic E-state index is 0.348. The predicted molar refractivity (Wildman–Crippen MR) is 87.6 cm³/mol. The van der Waals surface area contributed by atoms with Crippen LogP contribution in [0.15, 0.2) is 48.5 Å². The van der Waals surface area contributed by atoms with E-state index >= 15 is 0 Å². The summed E-state index contributed by atoms with van der Waals surface area (Å²) in [5.74, 6) is 0. The molecule has 20 heavy (non-hydrogen) atoms. The lowest BCUT2D eigenvalue weighted by Crippen LogP contribution is -2.23. The SMILES string of the molecule is CCC(NCCc1ccc(Cl)cc1)c1cccc(Cl)c1. The van der Waals surface area contributed by atoms with Crippen molar-refractivity contribution in [1.29, 1.82) is 0 Å². The summed E-state index contributed by atoms with van der Waals surface area (Å²) in [4.78, 5) is 0. The second kappa shape index (κ2) is 7.68. The van der Waals surface area contributed by atoms with Crippen LogP contribution >= 0.6 is 23.2 Å². The molecule has 106 valence electrons. The van der Waals surface area contributed by atoms with Crippen LogP contribution in [0.5, 0.6) is 0 Å². The highest BCUT2D eigenvalue weighted by Gasteiger charge is 2.08. The second-order valence-electron chi connectivity index (χ2n) is 4.85. The van der Waals surface area contributed by atoms with E-state index in [1.807, 2.05) is 30.3 Å². The van der Waals surface area contributed by atoms with Crippen LogP contribution in [-0.2, 0) is 6.42 Å². The summed E-state index contributed by atoms with van der Waals surface area (Å²) in [6.45, 7) is 3.12. The first-order valence-electron chi connectivity index (χ1n) is 6.92. The van der Waals surface area contributed by atoms with E-state index in [1.54, 1.807) is 0 Å². The summed E-state index contributed by atoms with van der Waals surface area (Å²) in [5.41, 5.74) is 2.54. The molecule has 0 aliphatic heterocycles. The van der Waals surface area contributed by atoms with Gasteiger partial charge in [-0.25, -0.2) is 0 Å². The van der Waals surface area contributed by atoms with Crippen molar-refractivity contribution in [2.24, 2.45) is 0 Å². The fourth-order valence-electron chi connectivity index (χ4n) is 2.26. The van der Waals surface area contributed by atoms with Gasteiger partial charge in [-0.2, -0.15) is 0 Å². The lowest BCUT2D eigenvalue weighted by Gasteiger charge is -2.17. The van der Waals surface area contributed by atoms with E-state index in [2.05, 4.69) is 30.4 Å². The molecule has 2 aromatic rings. The van der Waals surface area contributed by atoms with Crippen LogP contribution in [0.2, 0.25) is 10.0 Å². The van der Waals surface area contributed by atoms with Crippen LogP contribution in [0.4, 0.5) is 0 Å². The van der Waals surface area contributed by atoms with Gasteiger partial charge in [0.1, 0.15) is 0 Å². The molecule has 1 N–H and O–H groups in total. The first kappa shape index (κ1) is 15.4. The van der Waals surface area contributed by atoms with Gasteiger partial charge in [0, 0.05) is 16.1 Å². The largest absolute Gasteiger partial charge is 0.310 e. The first-order chi connectivity index (χ1) is 9.69. The average molecular weight is 308 g/mol. The Bertz CT molecular complexity index is 537. The molecule has 0 aromatic heterocycles. The van der Waals surface area contributed by atoms with Gasteiger partial charge in [0.2, 0.25) is 0 Å². The van der Waals surface area contributed by atoms with Crippen molar-refractivity contribution in [3.63, 3.8) is 0 Å². The third-order valence-electron chi connectivity index (χ3n) is 3.38. The van der Waals surface area contributed by atoms with Crippen LogP contribution in [0, 0.1) is 0 Å². The van der Waals surface area contributed by atoms with E-state index in [4.69, 9.17) is 23.2 Å². The summed E-state index contributed by atoms with van der Waals surface area (Å²) in [7, 11) is 0. The van der Waals surface area contributed by atoms with Gasteiger partial charge < -0.3 is 5.32 Å². The zero-order valence-electron chi connectivity index (χ0n) is 11.6. The molecule has 0 spiro atoms. The van der Waals surface area contributed by atoms with E-state index in [1.165, 1.54) is 11.1 Å². The summed E-state index contributed by atoms with van der Waals surface area (Å²) in [6.07, 6.45) is 2.04. The Kier molecular flexibility index (Phi) is 5.90. The third kappa shape index (κ3) is 4.52. The van der Waals surface area contributed by atoms with E-state index in [-0.39, 0.29) is 0 Å². The Morgan fingerprint density at radius 2 is 1.75 bits per heavy atom. The molecule has 0 saturated carbocycles. The molecule has 1 unspecified atom stereocenters. The molecule has 2 rings (SSSR count). The Morgan fingerprint density at radius 1 is 1.00 bits per heavy atom. The van der Waals surface area contributed by atoms with Crippen molar-refractivity contribution in [2.45, 2.75) is 25.8 Å². The highest BCUT2D eigenvalue weighted by molar-refractivity contribution is 6.30. The number of benzene rings is 2. The average Bonchev–Trinajstić information content (AvgIpc) is 2.45. The van der Waals surface area contributed by atoms with Crippen molar-refractivity contribution < 1.29 is 0 Å². The van der Waals surface area contributed by atoms with Gasteiger partial charge in [-0.05, 0) is 54.8 Å². The summed E-state index contributed by atoms with van der Waals surface area (Å²) >= 11 is 11.9. The molecule has 0 fully saturated rings. The molecule has 0 saturated heterocycles. The Hall–Kier alpha value is -1.02. The fourth-order valence-corrected chi connectivity index (χ4v) is 2.59. The van der Waals surface area contributed by atoms with Crippen molar-refractivity contribution >= 4 is 23.2 Å². The van der Waals surface area contributed by atoms with Gasteiger partial charge in [-0.15, -0.1) is 0 Å². The van der Waals surface area contributed by atoms with Crippen molar-refractivity contribution in [3.05, 3.63) is 69.7 Å². The molecule has 0 heterocycles. The Labute approximate surface area is 130 Å². The number of halogens is 2. The van der Waals surface area contributed by atoms with Gasteiger partial charge in [0.15, 0.2) is 0 Å². The second-order valence-corrected chi connectivity index (χ2v) is 5.72. The Morgan fingerprint density at radius 3 is 2.40 bits per heavy atom. The maximum Gasteiger partial charge on any atom is 0.0409 e. The third-order valence-corrected chi connectivity index (χ3v) is 3.86. The minimum Gasteiger partial charge on any atom is -0.310 e. The van der Waals surface area contributed by atoms with E-state index < -0.39 is 0 Å². The Balaban J connectivity index is 1.89. The molecular weight excluding hydrogens is 289 g/mol. The minimum absolute atomic E-state index is 0.348. The lowest BCUT2D eigenvalue weighted by atomic mass is 10.0. The van der Waals surface area contributed by atoms with Gasteiger partial charge in [-0.1, -0.05) is 54.4 Å². The molecular formula is C17H19Cl2N. The van der Waals surface area contributed by atoms with Crippen LogP contribution in [0.3, 0.4) is 0 Å². The van der Waals surface area contributed by atoms with E-state index in [0.29, 0.717) is 6.04 Å². The smallest absolute Gasteiger partial charge is 0.0409 e. The lowest BCUT2D eigenvalue weighted by molar-refractivity contribution is 0.523. The molecule has 2 aromatic carbocycles. The maximum atomic E-state index is 6.05. The van der Waals surface area contributed by atoms with Gasteiger partial charge in [-0.3, -0.25) is 0 Å². The van der Waals surface area contributed by atoms with E-state index in [0.717, 1.165) is 29.4 Å². The van der Waals surface area contributed by atoms with Crippen molar-refractivity contribution in [3.8, 4) is 0 Å². The molecule has 0 bridgehead atoms. The van der Waals surface area contributed by atoms with Gasteiger partial charge in [0.25, 0.3) is 0 Å². The molecule has 1 atom stereocenters. The van der Waals surface area contributed by atoms with E-state index in [9.17, 15) is 0 Å². The molecule has 0 radical (unpaired) electrons. The highest BCUT2D eigenvalue weighted by atomic mass is 35.5. The van der Waals surface area contributed by atoms with Gasteiger partial charge >= 0.3 is 0 Å². The van der Waals surface area contributed by atoms with Crippen LogP contribution in [0.1, 0.15) is 30.5 Å². The zero-order chi connectivity index (χ0) is 14.4. The number of hydrogen-bond donors (Lipinski definition) is 1. The molecule has 3 heteroatoms. The highest BCUT2D eigenvalue weighted by Crippen LogP contribution is 2.20. The summed E-state index contributed by atoms with van der Waals surface area (Å²) in [5, 5.41) is 5.16. The molecule has 0 aliphatic carbocycles. The quantitative estimate of drug-likeness (QED) is 0.766. The number of nitrogens with one attached hydrogen (secondary N) is 1. The van der Waals surface area contributed by atoms with Crippen LogP contribution in [-0.4, -0.2) is 6.54 Å². The topological polar surface area (TPSA) is 12.0 Å². The van der Waals surface area contributed by atoms with Crippen molar-refractivity contribution in [2.75, 3.05) is 6.54 Å². The normalized spacial score (nSPS) is 12.3. The standard InChI is InChI=1S/C17H19Cl2N/c1-2-17(14-4-3-5-16(19)12-14)20-11-10-13-6-8-15(18)9-7-13/h3-9,12,17,20H,2,10-11H2,1H3. The number of rotatable bonds is 6. The maximum absolute atomic E-state index is 6.05.